The van der Waals surface area contributed by atoms with Crippen LogP contribution in [-0.4, -0.2) is 62.9 Å². The predicted octanol–water partition coefficient (Wildman–Crippen LogP) is 3.64. The van der Waals surface area contributed by atoms with Crippen molar-refractivity contribution in [3.63, 3.8) is 0 Å². The number of anilines is 1. The van der Waals surface area contributed by atoms with Crippen LogP contribution in [0.2, 0.25) is 0 Å². The molecule has 3 aromatic rings. The number of fused-ring (bicyclic) bond motifs is 1. The Morgan fingerprint density at radius 2 is 1.83 bits per heavy atom. The molecule has 36 heavy (non-hydrogen) atoms. The first-order chi connectivity index (χ1) is 17.3. The summed E-state index contributed by atoms with van der Waals surface area (Å²) in [7, 11) is 4.80. The Morgan fingerprint density at radius 3 is 2.50 bits per heavy atom. The zero-order valence-electron chi connectivity index (χ0n) is 21.8. The molecule has 0 bridgehead atoms. The van der Waals surface area contributed by atoms with Crippen LogP contribution >= 0.6 is 0 Å². The number of nitrogens with one attached hydrogen (secondary N) is 2. The molecule has 0 unspecified atom stereocenters. The molecule has 3 heterocycles. The third kappa shape index (κ3) is 5.31. The number of hydrogen-bond acceptors (Lipinski definition) is 8. The maximum atomic E-state index is 13.7. The molecule has 2 atom stereocenters. The molecule has 2 N–H and O–H groups in total. The van der Waals surface area contributed by atoms with Gasteiger partial charge in [-0.1, -0.05) is 0 Å². The van der Waals surface area contributed by atoms with Crippen LogP contribution in [-0.2, 0) is 0 Å². The lowest BCUT2D eigenvalue weighted by Crippen LogP contribution is -2.33. The van der Waals surface area contributed by atoms with E-state index in [1.165, 1.54) is 0 Å². The topological polar surface area (TPSA) is 97.8 Å². The average molecular weight is 494 g/mol. The van der Waals surface area contributed by atoms with Gasteiger partial charge in [0.1, 0.15) is 17.0 Å². The van der Waals surface area contributed by atoms with E-state index in [1.807, 2.05) is 38.1 Å². The summed E-state index contributed by atoms with van der Waals surface area (Å²) in [5.41, 5.74) is 3.70. The molecule has 192 valence electrons. The Kier molecular flexibility index (Phi) is 7.79. The van der Waals surface area contributed by atoms with E-state index in [4.69, 9.17) is 14.2 Å². The Morgan fingerprint density at radius 1 is 1.11 bits per heavy atom. The Hall–Kier alpha value is -3.59. The monoisotopic (exact) mass is 493 g/mol. The Balaban J connectivity index is 1.76. The number of aromatic nitrogens is 2. The summed E-state index contributed by atoms with van der Waals surface area (Å²) >= 11 is 0. The van der Waals surface area contributed by atoms with Gasteiger partial charge in [0.05, 0.1) is 38.6 Å². The van der Waals surface area contributed by atoms with E-state index in [1.54, 1.807) is 27.5 Å². The van der Waals surface area contributed by atoms with Crippen molar-refractivity contribution in [2.45, 2.75) is 39.3 Å². The van der Waals surface area contributed by atoms with E-state index in [2.05, 4.69) is 32.4 Å². The van der Waals surface area contributed by atoms with E-state index in [0.29, 0.717) is 34.5 Å². The van der Waals surface area contributed by atoms with Crippen molar-refractivity contribution in [2.75, 3.05) is 45.9 Å². The average Bonchev–Trinajstić information content (AvgIpc) is 3.10. The number of ether oxygens (including phenoxy) is 3. The normalized spacial score (nSPS) is 16.8. The molecule has 1 aliphatic heterocycles. The largest absolute Gasteiger partial charge is 0.497 e. The van der Waals surface area contributed by atoms with Gasteiger partial charge in [-0.05, 0) is 51.0 Å². The summed E-state index contributed by atoms with van der Waals surface area (Å²) in [6, 6.07) is 7.70. The number of rotatable bonds is 7. The number of nitrogens with zero attached hydrogens (tertiary/aromatic N) is 3. The summed E-state index contributed by atoms with van der Waals surface area (Å²) < 4.78 is 16.3. The minimum absolute atomic E-state index is 0.202. The first-order valence-electron chi connectivity index (χ1n) is 12.2. The van der Waals surface area contributed by atoms with Crippen molar-refractivity contribution in [1.82, 2.24) is 20.6 Å². The van der Waals surface area contributed by atoms with E-state index < -0.39 is 0 Å². The smallest absolute Gasteiger partial charge is 0.255 e. The summed E-state index contributed by atoms with van der Waals surface area (Å²) in [5, 5.41) is 7.54. The molecule has 9 heteroatoms. The fourth-order valence-electron chi connectivity index (χ4n) is 4.60. The molecule has 0 spiro atoms. The highest BCUT2D eigenvalue weighted by Crippen LogP contribution is 2.35. The second kappa shape index (κ2) is 11.0. The van der Waals surface area contributed by atoms with Crippen LogP contribution in [0.4, 0.5) is 5.69 Å². The maximum absolute atomic E-state index is 13.7. The van der Waals surface area contributed by atoms with Crippen LogP contribution in [0.3, 0.4) is 0 Å². The van der Waals surface area contributed by atoms with Crippen molar-refractivity contribution in [1.29, 1.82) is 0 Å². The fourth-order valence-corrected chi connectivity index (χ4v) is 4.60. The van der Waals surface area contributed by atoms with Gasteiger partial charge in [-0.15, -0.1) is 0 Å². The summed E-state index contributed by atoms with van der Waals surface area (Å²) in [6.45, 7) is 8.46. The molecule has 0 saturated carbocycles. The van der Waals surface area contributed by atoms with Gasteiger partial charge >= 0.3 is 0 Å². The van der Waals surface area contributed by atoms with E-state index in [9.17, 15) is 4.79 Å². The molecule has 1 aliphatic rings. The van der Waals surface area contributed by atoms with Crippen LogP contribution < -0.4 is 29.7 Å². The van der Waals surface area contributed by atoms with Crippen LogP contribution in [0.15, 0.2) is 30.5 Å². The molecular formula is C27H35N5O4. The van der Waals surface area contributed by atoms with Crippen molar-refractivity contribution in [2.24, 2.45) is 0 Å². The molecular weight excluding hydrogens is 458 g/mol. The Bertz CT molecular complexity index is 1230. The van der Waals surface area contributed by atoms with Crippen LogP contribution in [0, 0.1) is 6.92 Å². The van der Waals surface area contributed by atoms with Gasteiger partial charge in [-0.3, -0.25) is 4.79 Å². The third-order valence-corrected chi connectivity index (χ3v) is 6.60. The van der Waals surface area contributed by atoms with E-state index >= 15 is 0 Å². The van der Waals surface area contributed by atoms with Gasteiger partial charge in [0.2, 0.25) is 5.88 Å². The van der Waals surface area contributed by atoms with Crippen molar-refractivity contribution >= 4 is 22.5 Å². The van der Waals surface area contributed by atoms with Gasteiger partial charge in [0.15, 0.2) is 0 Å². The van der Waals surface area contributed by atoms with Gasteiger partial charge in [0.25, 0.3) is 5.91 Å². The number of benzene rings is 1. The molecule has 0 radical (unpaired) electrons. The highest BCUT2D eigenvalue weighted by atomic mass is 16.5. The summed E-state index contributed by atoms with van der Waals surface area (Å²) in [5.74, 6) is 1.59. The first kappa shape index (κ1) is 25.5. The predicted molar refractivity (Wildman–Crippen MR) is 141 cm³/mol. The van der Waals surface area contributed by atoms with Crippen LogP contribution in [0.5, 0.6) is 17.4 Å². The highest BCUT2D eigenvalue weighted by Gasteiger charge is 2.25. The maximum Gasteiger partial charge on any atom is 0.255 e. The zero-order chi connectivity index (χ0) is 25.8. The minimum atomic E-state index is -0.287. The minimum Gasteiger partial charge on any atom is -0.497 e. The molecule has 1 saturated heterocycles. The molecule has 2 aromatic heterocycles. The number of carbonyl (C=O) groups is 1. The van der Waals surface area contributed by atoms with Crippen molar-refractivity contribution in [3.05, 3.63) is 47.3 Å². The molecule has 1 amide bonds. The van der Waals surface area contributed by atoms with Gasteiger partial charge in [-0.25, -0.2) is 9.97 Å². The fraction of sp³-hybridized carbons (Fsp3) is 0.444. The zero-order valence-corrected chi connectivity index (χ0v) is 21.8. The molecule has 4 rings (SSSR count). The SMILES string of the molecule is COc1cc(OC)cc([C@H](C)NC(=O)c2cnc3c(OC)nc(C)cc3c2N2CCN[C@@H](C)CC2)c1. The lowest BCUT2D eigenvalue weighted by Gasteiger charge is -2.27. The number of carbonyl (C=O) groups excluding carboxylic acids is 1. The number of pyridine rings is 2. The van der Waals surface area contributed by atoms with Gasteiger partial charge in [0, 0.05) is 49.0 Å². The summed E-state index contributed by atoms with van der Waals surface area (Å²) in [4.78, 5) is 25.1. The van der Waals surface area contributed by atoms with Crippen molar-refractivity contribution in [3.8, 4) is 17.4 Å². The summed E-state index contributed by atoms with van der Waals surface area (Å²) in [6.07, 6.45) is 2.60. The second-order valence-electron chi connectivity index (χ2n) is 9.16. The molecule has 1 fully saturated rings. The van der Waals surface area contributed by atoms with E-state index in [0.717, 1.165) is 48.4 Å². The van der Waals surface area contributed by atoms with Gasteiger partial charge < -0.3 is 29.7 Å². The lowest BCUT2D eigenvalue weighted by atomic mass is 10.0. The van der Waals surface area contributed by atoms with E-state index in [-0.39, 0.29) is 11.9 Å². The third-order valence-electron chi connectivity index (χ3n) is 6.60. The number of methoxy groups -OCH3 is 3. The Labute approximate surface area is 212 Å². The molecule has 1 aromatic carbocycles. The van der Waals surface area contributed by atoms with Gasteiger partial charge in [-0.2, -0.15) is 0 Å². The van der Waals surface area contributed by atoms with Crippen molar-refractivity contribution < 1.29 is 19.0 Å². The second-order valence-corrected chi connectivity index (χ2v) is 9.16. The number of amides is 1. The number of hydrogen-bond donors (Lipinski definition) is 2. The van der Waals surface area contributed by atoms with Crippen LogP contribution in [0.1, 0.15) is 47.9 Å². The number of aryl methyl sites for hydroxylation is 1. The standard InChI is InChI=1S/C27H35N5O4/c1-16-7-9-32(10-8-28-16)25-22-11-17(2)30-27(36-6)24(22)29-15-23(25)26(33)31-18(3)19-12-20(34-4)14-21(13-19)35-5/h11-16,18,28H,7-10H2,1-6H3,(H,31,33)/t16-,18-/m0/s1. The molecule has 0 aliphatic carbocycles. The highest BCUT2D eigenvalue weighted by molar-refractivity contribution is 6.08. The lowest BCUT2D eigenvalue weighted by molar-refractivity contribution is 0.0940. The van der Waals surface area contributed by atoms with Crippen LogP contribution in [0.25, 0.3) is 10.9 Å². The first-order valence-corrected chi connectivity index (χ1v) is 12.2. The quantitative estimate of drug-likeness (QED) is 0.515. The molecule has 9 nitrogen and oxygen atoms in total.